The highest BCUT2D eigenvalue weighted by atomic mass is 31.1. The van der Waals surface area contributed by atoms with E-state index < -0.39 is 47.2 Å². The molecule has 0 aliphatic carbocycles. The van der Waals surface area contributed by atoms with Crippen molar-refractivity contribution in [2.24, 2.45) is 0 Å². The monoisotopic (exact) mass is 804 g/mol. The molecule has 0 radical (unpaired) electrons. The summed E-state index contributed by atoms with van der Waals surface area (Å²) in [4.78, 5) is 0. The minimum atomic E-state index is -2.05. The van der Waals surface area contributed by atoms with Gasteiger partial charge in [0.25, 0.3) is 0 Å². The summed E-state index contributed by atoms with van der Waals surface area (Å²) in [7, 11) is -2.45. The Hall–Kier alpha value is -5.60. The van der Waals surface area contributed by atoms with Crippen LogP contribution in [0.15, 0.2) is 162 Å². The molecule has 58 heavy (non-hydrogen) atoms. The highest BCUT2D eigenvalue weighted by molar-refractivity contribution is 7.32. The number of benzene rings is 8. The summed E-state index contributed by atoms with van der Waals surface area (Å²) >= 11 is 0. The van der Waals surface area contributed by atoms with Gasteiger partial charge in [-0.15, -0.1) is 0 Å². The molecule has 2 bridgehead atoms. The van der Waals surface area contributed by atoms with Gasteiger partial charge in [-0.2, -0.15) is 0 Å². The molecular weight excluding hydrogens is 770 g/mol. The van der Waals surface area contributed by atoms with Crippen LogP contribution in [0.3, 0.4) is 0 Å². The molecule has 0 spiro atoms. The number of hydrogen-bond acceptors (Lipinski definition) is 9. The van der Waals surface area contributed by atoms with Crippen LogP contribution < -0.4 is 9.05 Å². The van der Waals surface area contributed by atoms with Crippen LogP contribution in [-0.2, 0) is 14.2 Å². The molecule has 4 heterocycles. The summed E-state index contributed by atoms with van der Waals surface area (Å²) in [5, 5.41) is 12.5. The van der Waals surface area contributed by atoms with Crippen molar-refractivity contribution in [3.05, 3.63) is 146 Å². The second kappa shape index (κ2) is 13.8. The van der Waals surface area contributed by atoms with Gasteiger partial charge in [0.2, 0.25) is 0 Å². The second-order valence-corrected chi connectivity index (χ2v) is 16.7. The molecule has 12 rings (SSSR count). The lowest BCUT2D eigenvalue weighted by Crippen LogP contribution is -2.57. The molecular formula is C47H34O9P2. The van der Waals surface area contributed by atoms with Gasteiger partial charge in [0, 0.05) is 28.7 Å². The Morgan fingerprint density at radius 3 is 1.19 bits per heavy atom. The first-order chi connectivity index (χ1) is 28.7. The molecule has 0 amide bonds. The highest BCUT2D eigenvalue weighted by Crippen LogP contribution is 2.46. The maximum atomic E-state index is 6.84. The maximum Gasteiger partial charge on any atom is 0.387 e. The van der Waals surface area contributed by atoms with Crippen LogP contribution in [0.25, 0.3) is 87.0 Å². The van der Waals surface area contributed by atoms with Crippen molar-refractivity contribution in [3.63, 3.8) is 0 Å². The lowest BCUT2D eigenvalue weighted by atomic mass is 9.99. The number of rotatable bonds is 5. The van der Waals surface area contributed by atoms with Crippen LogP contribution in [0.5, 0.6) is 0 Å². The summed E-state index contributed by atoms with van der Waals surface area (Å²) < 4.78 is 59.4. The molecule has 11 heteroatoms. The molecule has 0 saturated carbocycles. The number of fused-ring (bicyclic) bond motifs is 16. The van der Waals surface area contributed by atoms with Gasteiger partial charge in [-0.05, 0) is 67.4 Å². The van der Waals surface area contributed by atoms with E-state index in [0.717, 1.165) is 64.6 Å². The third-order valence-electron chi connectivity index (χ3n) is 11.4. The first-order valence-corrected chi connectivity index (χ1v) is 21.4. The van der Waals surface area contributed by atoms with Gasteiger partial charge in [-0.25, -0.2) is 0 Å². The zero-order valence-electron chi connectivity index (χ0n) is 31.0. The quantitative estimate of drug-likeness (QED) is 0.168. The van der Waals surface area contributed by atoms with Gasteiger partial charge in [0.05, 0.1) is 6.61 Å². The Morgan fingerprint density at radius 2 is 0.810 bits per heavy atom. The molecule has 2 aliphatic heterocycles. The molecule has 8 aromatic carbocycles. The smallest absolute Gasteiger partial charge is 0.387 e. The van der Waals surface area contributed by atoms with Crippen molar-refractivity contribution in [3.8, 4) is 0 Å². The van der Waals surface area contributed by atoms with Crippen LogP contribution in [0, 0.1) is 0 Å². The largest absolute Gasteiger partial charge is 0.399 e. The third-order valence-corrected chi connectivity index (χ3v) is 13.7. The van der Waals surface area contributed by atoms with E-state index in [4.69, 9.17) is 40.0 Å². The minimum Gasteiger partial charge on any atom is -0.399 e. The fraction of sp³-hybridized carbons (Fsp3) is 0.149. The average molecular weight is 805 g/mol. The van der Waals surface area contributed by atoms with Crippen LogP contribution in [0.4, 0.5) is 0 Å². The van der Waals surface area contributed by atoms with E-state index in [0.29, 0.717) is 22.3 Å². The van der Waals surface area contributed by atoms with E-state index >= 15 is 0 Å². The number of methoxy groups -OCH3 is 1. The first-order valence-electron chi connectivity index (χ1n) is 19.2. The van der Waals surface area contributed by atoms with Crippen molar-refractivity contribution in [2.75, 3.05) is 13.7 Å². The van der Waals surface area contributed by atoms with E-state index in [1.165, 1.54) is 0 Å². The summed E-state index contributed by atoms with van der Waals surface area (Å²) in [6.45, 7) is 0.268. The van der Waals surface area contributed by atoms with Gasteiger partial charge in [0.15, 0.2) is 12.4 Å². The summed E-state index contributed by atoms with van der Waals surface area (Å²) in [6, 6.07) is 49.5. The topological polar surface area (TPSA) is 98.7 Å². The molecule has 2 fully saturated rings. The predicted molar refractivity (Wildman–Crippen MR) is 229 cm³/mol. The molecule has 2 aromatic heterocycles. The molecule has 0 unspecified atom stereocenters. The Bertz CT molecular complexity index is 3150. The van der Waals surface area contributed by atoms with Crippen molar-refractivity contribution < 1.29 is 40.0 Å². The summed E-state index contributed by atoms with van der Waals surface area (Å²) in [5.74, 6) is 0. The molecule has 0 N–H and O–H groups in total. The van der Waals surface area contributed by atoms with Crippen LogP contribution in [0.1, 0.15) is 0 Å². The van der Waals surface area contributed by atoms with Gasteiger partial charge in [-0.3, -0.25) is 9.05 Å². The van der Waals surface area contributed by atoms with E-state index in [9.17, 15) is 0 Å². The van der Waals surface area contributed by atoms with Gasteiger partial charge < -0.3 is 31.0 Å². The lowest BCUT2D eigenvalue weighted by Gasteiger charge is -2.37. The molecule has 286 valence electrons. The zero-order valence-corrected chi connectivity index (χ0v) is 32.8. The number of ether oxygens (including phenoxy) is 3. The summed E-state index contributed by atoms with van der Waals surface area (Å²) in [5.41, 5.74) is 2.66. The van der Waals surface area contributed by atoms with Crippen molar-refractivity contribution >= 4 is 103 Å². The molecule has 2 aliphatic rings. The van der Waals surface area contributed by atoms with E-state index in [2.05, 4.69) is 72.8 Å². The Labute approximate surface area is 332 Å². The van der Waals surface area contributed by atoms with E-state index in [-0.39, 0.29) is 6.61 Å². The number of hydrogen-bond donors (Lipinski definition) is 0. The average Bonchev–Trinajstić information content (AvgIpc) is 3.38. The molecule has 10 aromatic rings. The Kier molecular flexibility index (Phi) is 8.17. The van der Waals surface area contributed by atoms with E-state index in [1.54, 1.807) is 7.11 Å². The van der Waals surface area contributed by atoms with Gasteiger partial charge in [0.1, 0.15) is 40.6 Å². The molecule has 2 saturated heterocycles. The van der Waals surface area contributed by atoms with E-state index in [1.807, 2.05) is 72.8 Å². The minimum absolute atomic E-state index is 0.268. The second-order valence-electron chi connectivity index (χ2n) is 14.7. The molecule has 5 atom stereocenters. The fourth-order valence-electron chi connectivity index (χ4n) is 8.82. The first kappa shape index (κ1) is 34.4. The highest BCUT2D eigenvalue weighted by Gasteiger charge is 2.55. The molecule has 9 nitrogen and oxygen atoms in total. The van der Waals surface area contributed by atoms with Crippen LogP contribution in [-0.4, -0.2) is 44.4 Å². The Balaban J connectivity index is 0.990. The van der Waals surface area contributed by atoms with Crippen LogP contribution in [0.2, 0.25) is 0 Å². The van der Waals surface area contributed by atoms with Gasteiger partial charge >= 0.3 is 16.5 Å². The maximum absolute atomic E-state index is 6.84. The lowest BCUT2D eigenvalue weighted by molar-refractivity contribution is -0.232. The normalized spacial score (nSPS) is 20.7. The van der Waals surface area contributed by atoms with Crippen LogP contribution >= 0.6 is 16.5 Å². The fourth-order valence-corrected chi connectivity index (χ4v) is 11.2. The zero-order chi connectivity index (χ0) is 38.3. The predicted octanol–water partition coefficient (Wildman–Crippen LogP) is 12.6. The summed E-state index contributed by atoms with van der Waals surface area (Å²) in [6.07, 6.45) is -3.30. The SMILES string of the molecule is CO[C@@H]1O[C@H]2CO[C@H]([C@@H]1Op1oc3ccc4ccccc4c3c3c(ccc4ccccc43)o1)[C@@H]2Op1oc2ccc3ccccc3c2c2c(ccc3ccccc32)o1. The van der Waals surface area contributed by atoms with Crippen molar-refractivity contribution in [1.82, 2.24) is 0 Å². The van der Waals surface area contributed by atoms with Gasteiger partial charge in [-0.1, -0.05) is 121 Å². The standard InChI is InChI=1S/C47H34O9P2/c1-48-47-46(56-58-53-37-24-20-29-12-4-8-16-33(29)42(37)43-34-17-9-5-13-30(34)21-25-38(43)54-58)45-44(39(50-47)26-49-45)55-57-51-35-22-18-27-10-2-6-14-31(27)40(35)41-32-15-7-3-11-28(32)19-23-36(41)52-57/h2-25,39,44-47H,26H2,1H3/t39-,44+,45-,46-,47+/m0/s1. The third kappa shape index (κ3) is 5.51. The Morgan fingerprint density at radius 1 is 0.448 bits per heavy atom. The van der Waals surface area contributed by atoms with Crippen molar-refractivity contribution in [1.29, 1.82) is 0 Å². The van der Waals surface area contributed by atoms with Crippen molar-refractivity contribution in [2.45, 2.75) is 30.7 Å².